The van der Waals surface area contributed by atoms with Crippen molar-refractivity contribution in [1.82, 2.24) is 15.5 Å². The van der Waals surface area contributed by atoms with Crippen LogP contribution in [0.5, 0.6) is 0 Å². The lowest BCUT2D eigenvalue weighted by Crippen LogP contribution is -2.22. The SMILES string of the molecule is O=C(CCCCO)NCc1ccc(-c2ccn[nH]2)cc1. The molecule has 2 aromatic rings. The lowest BCUT2D eigenvalue weighted by atomic mass is 10.1. The second-order valence-corrected chi connectivity index (χ2v) is 4.62. The van der Waals surface area contributed by atoms with Crippen LogP contribution in [0.2, 0.25) is 0 Å². The molecule has 0 aliphatic rings. The summed E-state index contributed by atoms with van der Waals surface area (Å²) in [5.41, 5.74) is 3.11. The first-order valence-corrected chi connectivity index (χ1v) is 6.76. The first-order chi connectivity index (χ1) is 9.79. The maximum absolute atomic E-state index is 11.5. The van der Waals surface area contributed by atoms with E-state index < -0.39 is 0 Å². The number of carbonyl (C=O) groups excluding carboxylic acids is 1. The summed E-state index contributed by atoms with van der Waals surface area (Å²) in [6, 6.07) is 9.90. The minimum Gasteiger partial charge on any atom is -0.396 e. The maximum Gasteiger partial charge on any atom is 0.220 e. The van der Waals surface area contributed by atoms with Crippen LogP contribution in [0.3, 0.4) is 0 Å². The smallest absolute Gasteiger partial charge is 0.220 e. The normalized spacial score (nSPS) is 10.4. The fourth-order valence-corrected chi connectivity index (χ4v) is 1.91. The highest BCUT2D eigenvalue weighted by atomic mass is 16.2. The second-order valence-electron chi connectivity index (χ2n) is 4.62. The van der Waals surface area contributed by atoms with Crippen LogP contribution in [0.1, 0.15) is 24.8 Å². The van der Waals surface area contributed by atoms with Crippen LogP contribution < -0.4 is 5.32 Å². The third-order valence-electron chi connectivity index (χ3n) is 3.07. The van der Waals surface area contributed by atoms with Gasteiger partial charge in [0.05, 0.1) is 5.69 Å². The molecule has 0 saturated carbocycles. The number of carbonyl (C=O) groups is 1. The van der Waals surface area contributed by atoms with Gasteiger partial charge in [0.2, 0.25) is 5.91 Å². The number of benzene rings is 1. The van der Waals surface area contributed by atoms with Gasteiger partial charge in [-0.25, -0.2) is 0 Å². The molecular formula is C15H19N3O2. The van der Waals surface area contributed by atoms with E-state index in [4.69, 9.17) is 5.11 Å². The fourth-order valence-electron chi connectivity index (χ4n) is 1.91. The van der Waals surface area contributed by atoms with Gasteiger partial charge in [-0.1, -0.05) is 24.3 Å². The van der Waals surface area contributed by atoms with Gasteiger partial charge in [-0.3, -0.25) is 9.89 Å². The minimum atomic E-state index is 0.0242. The van der Waals surface area contributed by atoms with Gasteiger partial charge in [-0.15, -0.1) is 0 Å². The van der Waals surface area contributed by atoms with E-state index in [1.807, 2.05) is 30.3 Å². The highest BCUT2D eigenvalue weighted by molar-refractivity contribution is 5.75. The van der Waals surface area contributed by atoms with Crippen LogP contribution in [0.4, 0.5) is 0 Å². The number of H-pyrrole nitrogens is 1. The Morgan fingerprint density at radius 2 is 2.00 bits per heavy atom. The van der Waals surface area contributed by atoms with Crippen molar-refractivity contribution in [3.05, 3.63) is 42.1 Å². The molecule has 0 fully saturated rings. The average molecular weight is 273 g/mol. The Hall–Kier alpha value is -2.14. The first kappa shape index (κ1) is 14.3. The number of nitrogens with zero attached hydrogens (tertiary/aromatic N) is 1. The van der Waals surface area contributed by atoms with E-state index in [2.05, 4.69) is 15.5 Å². The van der Waals surface area contributed by atoms with E-state index in [1.54, 1.807) is 6.20 Å². The van der Waals surface area contributed by atoms with Crippen molar-refractivity contribution in [2.75, 3.05) is 6.61 Å². The molecule has 3 N–H and O–H groups in total. The van der Waals surface area contributed by atoms with Gasteiger partial charge in [-0.05, 0) is 30.0 Å². The zero-order valence-corrected chi connectivity index (χ0v) is 11.3. The van der Waals surface area contributed by atoms with Crippen LogP contribution in [0, 0.1) is 0 Å². The molecule has 20 heavy (non-hydrogen) atoms. The summed E-state index contributed by atoms with van der Waals surface area (Å²) in [4.78, 5) is 11.5. The van der Waals surface area contributed by atoms with E-state index in [-0.39, 0.29) is 12.5 Å². The van der Waals surface area contributed by atoms with Crippen LogP contribution in [-0.4, -0.2) is 27.8 Å². The van der Waals surface area contributed by atoms with Gasteiger partial charge in [0, 0.05) is 25.8 Å². The monoisotopic (exact) mass is 273 g/mol. The van der Waals surface area contributed by atoms with E-state index >= 15 is 0 Å². The summed E-state index contributed by atoms with van der Waals surface area (Å²) in [6.07, 6.45) is 3.58. The van der Waals surface area contributed by atoms with Crippen LogP contribution in [-0.2, 0) is 11.3 Å². The topological polar surface area (TPSA) is 78.0 Å². The van der Waals surface area contributed by atoms with E-state index in [9.17, 15) is 4.79 Å². The summed E-state index contributed by atoms with van der Waals surface area (Å²) in [7, 11) is 0. The van der Waals surface area contributed by atoms with Gasteiger partial charge >= 0.3 is 0 Å². The van der Waals surface area contributed by atoms with E-state index in [0.29, 0.717) is 19.4 Å². The van der Waals surface area contributed by atoms with Crippen molar-refractivity contribution in [3.8, 4) is 11.3 Å². The molecule has 0 bridgehead atoms. The molecule has 106 valence electrons. The molecule has 0 spiro atoms. The molecule has 0 saturated heterocycles. The number of aliphatic hydroxyl groups excluding tert-OH is 1. The van der Waals surface area contributed by atoms with Gasteiger partial charge in [0.1, 0.15) is 0 Å². The van der Waals surface area contributed by atoms with Crippen molar-refractivity contribution < 1.29 is 9.90 Å². The van der Waals surface area contributed by atoms with Crippen molar-refractivity contribution >= 4 is 5.91 Å². The molecule has 0 radical (unpaired) electrons. The largest absolute Gasteiger partial charge is 0.396 e. The number of aromatic nitrogens is 2. The number of hydrogen-bond acceptors (Lipinski definition) is 3. The van der Waals surface area contributed by atoms with Gasteiger partial charge in [0.25, 0.3) is 0 Å². The lowest BCUT2D eigenvalue weighted by Gasteiger charge is -2.06. The quantitative estimate of drug-likeness (QED) is 0.674. The molecule has 1 aromatic heterocycles. The van der Waals surface area contributed by atoms with Gasteiger partial charge < -0.3 is 10.4 Å². The summed E-state index contributed by atoms with van der Waals surface area (Å²) in [6.45, 7) is 0.670. The summed E-state index contributed by atoms with van der Waals surface area (Å²) < 4.78 is 0. The van der Waals surface area contributed by atoms with Gasteiger partial charge in [0.15, 0.2) is 0 Å². The Bertz CT molecular complexity index is 521. The van der Waals surface area contributed by atoms with E-state index in [0.717, 1.165) is 23.2 Å². The molecule has 0 aliphatic carbocycles. The molecule has 5 heteroatoms. The van der Waals surface area contributed by atoms with Crippen LogP contribution in [0.15, 0.2) is 36.5 Å². The predicted octanol–water partition coefficient (Wildman–Crippen LogP) is 1.86. The fraction of sp³-hybridized carbons (Fsp3) is 0.333. The van der Waals surface area contributed by atoms with Crippen molar-refractivity contribution in [2.24, 2.45) is 0 Å². The van der Waals surface area contributed by atoms with Crippen molar-refractivity contribution in [2.45, 2.75) is 25.8 Å². The average Bonchev–Trinajstić information content (AvgIpc) is 3.00. The Morgan fingerprint density at radius 1 is 1.20 bits per heavy atom. The molecular weight excluding hydrogens is 254 g/mol. The highest BCUT2D eigenvalue weighted by Gasteiger charge is 2.02. The summed E-state index contributed by atoms with van der Waals surface area (Å²) >= 11 is 0. The summed E-state index contributed by atoms with van der Waals surface area (Å²) in [5.74, 6) is 0.0242. The zero-order chi connectivity index (χ0) is 14.2. The van der Waals surface area contributed by atoms with Crippen LogP contribution in [0.25, 0.3) is 11.3 Å². The van der Waals surface area contributed by atoms with E-state index in [1.165, 1.54) is 0 Å². The molecule has 0 unspecified atom stereocenters. The number of rotatable bonds is 7. The standard InChI is InChI=1S/C15H19N3O2/c19-10-2-1-3-15(20)16-11-12-4-6-13(7-5-12)14-8-9-17-18-14/h4-9,19H,1-3,10-11H2,(H,16,20)(H,17,18). The van der Waals surface area contributed by atoms with Crippen molar-refractivity contribution in [3.63, 3.8) is 0 Å². The second kappa shape index (κ2) is 7.45. The molecule has 1 aromatic carbocycles. The molecule has 1 heterocycles. The molecule has 0 atom stereocenters. The number of aromatic amines is 1. The number of nitrogens with one attached hydrogen (secondary N) is 2. The third kappa shape index (κ3) is 4.20. The minimum absolute atomic E-state index is 0.0242. The first-order valence-electron chi connectivity index (χ1n) is 6.76. The Balaban J connectivity index is 1.81. The number of unbranched alkanes of at least 4 members (excludes halogenated alkanes) is 1. The van der Waals surface area contributed by atoms with Gasteiger partial charge in [-0.2, -0.15) is 5.10 Å². The molecule has 0 aliphatic heterocycles. The number of amides is 1. The van der Waals surface area contributed by atoms with Crippen LogP contribution >= 0.6 is 0 Å². The molecule has 5 nitrogen and oxygen atoms in total. The summed E-state index contributed by atoms with van der Waals surface area (Å²) in [5, 5.41) is 18.4. The lowest BCUT2D eigenvalue weighted by molar-refractivity contribution is -0.121. The molecule has 2 rings (SSSR count). The van der Waals surface area contributed by atoms with Crippen molar-refractivity contribution in [1.29, 1.82) is 0 Å². The number of aliphatic hydroxyl groups is 1. The Morgan fingerprint density at radius 3 is 2.65 bits per heavy atom. The third-order valence-corrected chi connectivity index (χ3v) is 3.07. The zero-order valence-electron chi connectivity index (χ0n) is 11.3. The predicted molar refractivity (Wildman–Crippen MR) is 76.8 cm³/mol. The Kier molecular flexibility index (Phi) is 5.32. The maximum atomic E-state index is 11.5. The number of hydrogen-bond donors (Lipinski definition) is 3. The highest BCUT2D eigenvalue weighted by Crippen LogP contribution is 2.16. The molecule has 1 amide bonds. The Labute approximate surface area is 118 Å².